The molecule has 1 aromatic heterocycles. The molecule has 0 aliphatic carbocycles. The Morgan fingerprint density at radius 3 is 3.09 bits per heavy atom. The molecule has 112 valence electrons. The minimum absolute atomic E-state index is 0.148. The Morgan fingerprint density at radius 2 is 2.14 bits per heavy atom. The van der Waals surface area contributed by atoms with Gasteiger partial charge in [0.05, 0.1) is 5.56 Å². The molecule has 0 saturated carbocycles. The summed E-state index contributed by atoms with van der Waals surface area (Å²) >= 11 is 0. The lowest BCUT2D eigenvalue weighted by Crippen LogP contribution is -2.27. The fourth-order valence-corrected chi connectivity index (χ4v) is 2.78. The minimum Gasteiger partial charge on any atom is -0.454 e. The van der Waals surface area contributed by atoms with Crippen LogP contribution in [0.4, 0.5) is 5.69 Å². The predicted molar refractivity (Wildman–Crippen MR) is 80.2 cm³/mol. The molecule has 2 aliphatic rings. The van der Waals surface area contributed by atoms with Crippen molar-refractivity contribution in [2.45, 2.75) is 13.0 Å². The van der Waals surface area contributed by atoms with E-state index < -0.39 is 0 Å². The summed E-state index contributed by atoms with van der Waals surface area (Å²) in [6.07, 6.45) is 4.28. The van der Waals surface area contributed by atoms with Crippen molar-refractivity contribution < 1.29 is 14.3 Å². The van der Waals surface area contributed by atoms with Gasteiger partial charge in [-0.1, -0.05) is 0 Å². The SMILES string of the molecule is O=C(Nc1ccc2c(c1)OCO2)c1cncc2c1CCNC2. The maximum absolute atomic E-state index is 12.5. The lowest BCUT2D eigenvalue weighted by Gasteiger charge is -2.19. The zero-order valence-electron chi connectivity index (χ0n) is 11.9. The topological polar surface area (TPSA) is 72.5 Å². The summed E-state index contributed by atoms with van der Waals surface area (Å²) in [5.41, 5.74) is 3.48. The summed E-state index contributed by atoms with van der Waals surface area (Å²) in [5.74, 6) is 1.20. The van der Waals surface area contributed by atoms with Gasteiger partial charge in [-0.15, -0.1) is 0 Å². The van der Waals surface area contributed by atoms with E-state index in [-0.39, 0.29) is 12.7 Å². The molecule has 0 radical (unpaired) electrons. The minimum atomic E-state index is -0.148. The van der Waals surface area contributed by atoms with E-state index in [9.17, 15) is 4.79 Å². The lowest BCUT2D eigenvalue weighted by molar-refractivity contribution is 0.102. The van der Waals surface area contributed by atoms with E-state index in [1.165, 1.54) is 0 Å². The first kappa shape index (κ1) is 13.1. The van der Waals surface area contributed by atoms with E-state index in [1.807, 2.05) is 6.20 Å². The summed E-state index contributed by atoms with van der Waals surface area (Å²) in [4.78, 5) is 16.7. The highest BCUT2D eigenvalue weighted by Crippen LogP contribution is 2.34. The summed E-state index contributed by atoms with van der Waals surface area (Å²) < 4.78 is 10.6. The van der Waals surface area contributed by atoms with Crippen molar-refractivity contribution in [1.82, 2.24) is 10.3 Å². The van der Waals surface area contributed by atoms with E-state index >= 15 is 0 Å². The predicted octanol–water partition coefficient (Wildman–Crippen LogP) is 1.71. The third kappa shape index (κ3) is 2.27. The molecule has 2 N–H and O–H groups in total. The van der Waals surface area contributed by atoms with Gasteiger partial charge < -0.3 is 20.1 Å². The maximum Gasteiger partial charge on any atom is 0.257 e. The second-order valence-electron chi connectivity index (χ2n) is 5.27. The molecule has 6 nitrogen and oxygen atoms in total. The summed E-state index contributed by atoms with van der Waals surface area (Å²) in [6, 6.07) is 5.36. The largest absolute Gasteiger partial charge is 0.454 e. The Morgan fingerprint density at radius 1 is 1.23 bits per heavy atom. The number of aromatic nitrogens is 1. The van der Waals surface area contributed by atoms with Gasteiger partial charge in [-0.3, -0.25) is 9.78 Å². The van der Waals surface area contributed by atoms with E-state index in [0.29, 0.717) is 22.7 Å². The number of amides is 1. The van der Waals surface area contributed by atoms with Gasteiger partial charge in [0.2, 0.25) is 6.79 Å². The monoisotopic (exact) mass is 297 g/mol. The van der Waals surface area contributed by atoms with Crippen LogP contribution in [0.5, 0.6) is 11.5 Å². The normalized spacial score (nSPS) is 15.3. The summed E-state index contributed by atoms with van der Waals surface area (Å²) in [5, 5.41) is 6.19. The molecular weight excluding hydrogens is 282 g/mol. The summed E-state index contributed by atoms with van der Waals surface area (Å²) in [6.45, 7) is 1.85. The zero-order valence-corrected chi connectivity index (χ0v) is 11.9. The average Bonchev–Trinajstić information content (AvgIpc) is 3.02. The number of hydrogen-bond donors (Lipinski definition) is 2. The van der Waals surface area contributed by atoms with Crippen molar-refractivity contribution in [2.75, 3.05) is 18.7 Å². The van der Waals surface area contributed by atoms with Crippen molar-refractivity contribution in [3.05, 3.63) is 47.3 Å². The smallest absolute Gasteiger partial charge is 0.257 e. The van der Waals surface area contributed by atoms with Crippen LogP contribution < -0.4 is 20.1 Å². The molecule has 0 atom stereocenters. The molecule has 3 heterocycles. The van der Waals surface area contributed by atoms with Gasteiger partial charge in [0.1, 0.15) is 0 Å². The molecule has 22 heavy (non-hydrogen) atoms. The van der Waals surface area contributed by atoms with Gasteiger partial charge in [0.15, 0.2) is 11.5 Å². The first-order valence-corrected chi connectivity index (χ1v) is 7.19. The van der Waals surface area contributed by atoms with Crippen molar-refractivity contribution in [3.8, 4) is 11.5 Å². The molecule has 6 heteroatoms. The summed E-state index contributed by atoms with van der Waals surface area (Å²) in [7, 11) is 0. The molecule has 2 aliphatic heterocycles. The van der Waals surface area contributed by atoms with Crippen LogP contribution in [0, 0.1) is 0 Å². The van der Waals surface area contributed by atoms with Gasteiger partial charge in [-0.05, 0) is 36.2 Å². The van der Waals surface area contributed by atoms with Crippen LogP contribution in [0.3, 0.4) is 0 Å². The molecule has 0 saturated heterocycles. The number of carbonyl (C=O) groups is 1. The number of benzene rings is 1. The third-order valence-electron chi connectivity index (χ3n) is 3.89. The first-order valence-electron chi connectivity index (χ1n) is 7.19. The molecule has 1 amide bonds. The van der Waals surface area contributed by atoms with Crippen molar-refractivity contribution in [2.24, 2.45) is 0 Å². The van der Waals surface area contributed by atoms with E-state index in [2.05, 4.69) is 15.6 Å². The van der Waals surface area contributed by atoms with Gasteiger partial charge in [0, 0.05) is 30.7 Å². The van der Waals surface area contributed by atoms with Crippen molar-refractivity contribution in [3.63, 3.8) is 0 Å². The van der Waals surface area contributed by atoms with Crippen molar-refractivity contribution in [1.29, 1.82) is 0 Å². The highest BCUT2D eigenvalue weighted by Gasteiger charge is 2.19. The van der Waals surface area contributed by atoms with Crippen LogP contribution in [-0.4, -0.2) is 24.2 Å². The molecule has 0 bridgehead atoms. The molecule has 4 rings (SSSR count). The highest BCUT2D eigenvalue weighted by molar-refractivity contribution is 6.05. The quantitative estimate of drug-likeness (QED) is 0.883. The standard InChI is InChI=1S/C16H15N3O3/c20-16(13-8-18-7-10-6-17-4-3-12(10)13)19-11-1-2-14-15(5-11)22-9-21-14/h1-2,5,7-8,17H,3-4,6,9H2,(H,19,20). The molecular formula is C16H15N3O3. The maximum atomic E-state index is 12.5. The Bertz CT molecular complexity index is 745. The molecule has 0 unspecified atom stereocenters. The Kier molecular flexibility index (Phi) is 3.16. The first-order chi connectivity index (χ1) is 10.8. The number of fused-ring (bicyclic) bond motifs is 2. The van der Waals surface area contributed by atoms with Gasteiger partial charge in [-0.2, -0.15) is 0 Å². The van der Waals surface area contributed by atoms with Crippen LogP contribution in [0.25, 0.3) is 0 Å². The number of ether oxygens (including phenoxy) is 2. The van der Waals surface area contributed by atoms with Crippen LogP contribution in [-0.2, 0) is 13.0 Å². The van der Waals surface area contributed by atoms with Crippen LogP contribution >= 0.6 is 0 Å². The number of nitrogens with zero attached hydrogens (tertiary/aromatic N) is 1. The Balaban J connectivity index is 1.60. The number of pyridine rings is 1. The number of rotatable bonds is 2. The fourth-order valence-electron chi connectivity index (χ4n) is 2.78. The van der Waals surface area contributed by atoms with E-state index in [4.69, 9.17) is 9.47 Å². The zero-order chi connectivity index (χ0) is 14.9. The van der Waals surface area contributed by atoms with Crippen molar-refractivity contribution >= 4 is 11.6 Å². The lowest BCUT2D eigenvalue weighted by atomic mass is 9.98. The molecule has 1 aromatic carbocycles. The highest BCUT2D eigenvalue weighted by atomic mass is 16.7. The number of carbonyl (C=O) groups excluding carboxylic acids is 1. The Labute approximate surface area is 127 Å². The molecule has 0 fully saturated rings. The Hall–Kier alpha value is -2.60. The number of hydrogen-bond acceptors (Lipinski definition) is 5. The number of anilines is 1. The fraction of sp³-hybridized carbons (Fsp3) is 0.250. The van der Waals surface area contributed by atoms with E-state index in [0.717, 1.165) is 30.6 Å². The van der Waals surface area contributed by atoms with Gasteiger partial charge >= 0.3 is 0 Å². The van der Waals surface area contributed by atoms with Gasteiger partial charge in [0.25, 0.3) is 5.91 Å². The van der Waals surface area contributed by atoms with Gasteiger partial charge in [-0.25, -0.2) is 0 Å². The van der Waals surface area contributed by atoms with Crippen LogP contribution in [0.1, 0.15) is 21.5 Å². The average molecular weight is 297 g/mol. The third-order valence-corrected chi connectivity index (χ3v) is 3.89. The molecule has 2 aromatic rings. The second kappa shape index (κ2) is 5.31. The molecule has 0 spiro atoms. The number of nitrogens with one attached hydrogen (secondary N) is 2. The van der Waals surface area contributed by atoms with Crippen LogP contribution in [0.2, 0.25) is 0 Å². The van der Waals surface area contributed by atoms with Crippen LogP contribution in [0.15, 0.2) is 30.6 Å². The second-order valence-corrected chi connectivity index (χ2v) is 5.27. The van der Waals surface area contributed by atoms with E-state index in [1.54, 1.807) is 24.4 Å².